The minimum Gasteiger partial charge on any atom is -0.456 e. The number of nitrogens with one attached hydrogen (secondary N) is 1. The number of hydrogen-bond acceptors (Lipinski definition) is 4. The summed E-state index contributed by atoms with van der Waals surface area (Å²) in [6.45, 7) is 5.76. The molecule has 160 valence electrons. The van der Waals surface area contributed by atoms with Crippen LogP contribution in [0.2, 0.25) is 0 Å². The number of carbonyl (C=O) groups is 2. The Kier molecular flexibility index (Phi) is 7.44. The van der Waals surface area contributed by atoms with Gasteiger partial charge in [0.25, 0.3) is 5.91 Å². The summed E-state index contributed by atoms with van der Waals surface area (Å²) in [5.74, 6) is 0.273. The summed E-state index contributed by atoms with van der Waals surface area (Å²) in [5.41, 5.74) is 2.04. The highest BCUT2D eigenvalue weighted by Crippen LogP contribution is 2.28. The zero-order valence-corrected chi connectivity index (χ0v) is 18.0. The molecule has 0 heterocycles. The highest BCUT2D eigenvalue weighted by atomic mass is 16.5. The smallest absolute Gasteiger partial charge is 0.342 e. The maximum absolute atomic E-state index is 12.8. The van der Waals surface area contributed by atoms with Gasteiger partial charge in [0.1, 0.15) is 17.1 Å². The number of carbonyl (C=O) groups excluding carboxylic acids is 2. The number of amides is 1. The van der Waals surface area contributed by atoms with Gasteiger partial charge in [-0.3, -0.25) is 4.79 Å². The molecule has 0 aliphatic rings. The summed E-state index contributed by atoms with van der Waals surface area (Å²) in [6.07, 6.45) is -0.0161. The molecule has 31 heavy (non-hydrogen) atoms. The van der Waals surface area contributed by atoms with Crippen molar-refractivity contribution in [1.82, 2.24) is 0 Å². The van der Waals surface area contributed by atoms with Crippen molar-refractivity contribution in [3.8, 4) is 11.5 Å². The normalized spacial score (nSPS) is 12.5. The van der Waals surface area contributed by atoms with Crippen LogP contribution in [0.15, 0.2) is 78.9 Å². The number of hydrogen-bond donors (Lipinski definition) is 1. The van der Waals surface area contributed by atoms with Crippen molar-refractivity contribution in [2.24, 2.45) is 0 Å². The van der Waals surface area contributed by atoms with Crippen LogP contribution in [0.3, 0.4) is 0 Å². The Hall–Kier alpha value is -3.60. The molecule has 0 radical (unpaired) electrons. The second-order valence-electron chi connectivity index (χ2n) is 7.34. The van der Waals surface area contributed by atoms with Gasteiger partial charge in [0.2, 0.25) is 0 Å². The van der Waals surface area contributed by atoms with Gasteiger partial charge in [-0.2, -0.15) is 0 Å². The molecule has 0 unspecified atom stereocenters. The van der Waals surface area contributed by atoms with Crippen LogP contribution in [0, 0.1) is 0 Å². The number of rotatable bonds is 8. The van der Waals surface area contributed by atoms with Crippen LogP contribution in [0.4, 0.5) is 5.69 Å². The molecule has 0 aliphatic heterocycles. The summed E-state index contributed by atoms with van der Waals surface area (Å²) in [4.78, 5) is 25.5. The highest BCUT2D eigenvalue weighted by Gasteiger charge is 2.22. The standard InChI is InChI=1S/C26H27NO4/c1-4-18(2)21-14-8-10-16-23(21)27-25(28)19(3)30-26(29)22-15-9-11-17-24(22)31-20-12-6-5-7-13-20/h5-19H,4H2,1-3H3,(H,27,28)/t18-,19+/m1/s1. The van der Waals surface area contributed by atoms with Crippen LogP contribution < -0.4 is 10.1 Å². The summed E-state index contributed by atoms with van der Waals surface area (Å²) in [6, 6.07) is 23.7. The van der Waals surface area contributed by atoms with Gasteiger partial charge in [-0.25, -0.2) is 4.79 Å². The van der Waals surface area contributed by atoms with Crippen molar-refractivity contribution in [1.29, 1.82) is 0 Å². The van der Waals surface area contributed by atoms with E-state index in [1.165, 1.54) is 0 Å². The second kappa shape index (κ2) is 10.4. The first-order chi connectivity index (χ1) is 15.0. The van der Waals surface area contributed by atoms with E-state index in [0.29, 0.717) is 17.4 Å². The average Bonchev–Trinajstić information content (AvgIpc) is 2.79. The third-order valence-electron chi connectivity index (χ3n) is 5.09. The number of ether oxygens (including phenoxy) is 2. The van der Waals surface area contributed by atoms with Gasteiger partial charge in [-0.15, -0.1) is 0 Å². The lowest BCUT2D eigenvalue weighted by Crippen LogP contribution is -2.30. The van der Waals surface area contributed by atoms with Gasteiger partial charge in [0, 0.05) is 5.69 Å². The summed E-state index contributed by atoms with van der Waals surface area (Å²) in [7, 11) is 0. The van der Waals surface area contributed by atoms with Gasteiger partial charge >= 0.3 is 5.97 Å². The lowest BCUT2D eigenvalue weighted by atomic mass is 9.97. The molecule has 3 aromatic carbocycles. The van der Waals surface area contributed by atoms with Gasteiger partial charge in [0.15, 0.2) is 6.10 Å². The maximum Gasteiger partial charge on any atom is 0.342 e. The van der Waals surface area contributed by atoms with Crippen molar-refractivity contribution >= 4 is 17.6 Å². The Labute approximate surface area is 183 Å². The molecule has 2 atom stereocenters. The summed E-state index contributed by atoms with van der Waals surface area (Å²) < 4.78 is 11.3. The number of para-hydroxylation sites is 3. The number of benzene rings is 3. The Morgan fingerprint density at radius 3 is 2.26 bits per heavy atom. The molecule has 0 saturated carbocycles. The van der Waals surface area contributed by atoms with Crippen LogP contribution in [-0.4, -0.2) is 18.0 Å². The fraction of sp³-hybridized carbons (Fsp3) is 0.231. The van der Waals surface area contributed by atoms with Crippen molar-refractivity contribution in [3.05, 3.63) is 90.0 Å². The second-order valence-corrected chi connectivity index (χ2v) is 7.34. The molecule has 5 nitrogen and oxygen atoms in total. The fourth-order valence-corrected chi connectivity index (χ4v) is 3.11. The van der Waals surface area contributed by atoms with Crippen LogP contribution in [0.1, 0.15) is 49.0 Å². The molecule has 3 aromatic rings. The zero-order chi connectivity index (χ0) is 22.2. The van der Waals surface area contributed by atoms with Crippen molar-refractivity contribution in [2.45, 2.75) is 39.2 Å². The SMILES string of the molecule is CC[C@@H](C)c1ccccc1NC(=O)[C@H](C)OC(=O)c1ccccc1Oc1ccccc1. The predicted molar refractivity (Wildman–Crippen MR) is 122 cm³/mol. The highest BCUT2D eigenvalue weighted by molar-refractivity contribution is 5.98. The predicted octanol–water partition coefficient (Wildman–Crippen LogP) is 6.18. The quantitative estimate of drug-likeness (QED) is 0.445. The largest absolute Gasteiger partial charge is 0.456 e. The lowest BCUT2D eigenvalue weighted by molar-refractivity contribution is -0.123. The zero-order valence-electron chi connectivity index (χ0n) is 18.0. The number of esters is 1. The molecule has 0 spiro atoms. The van der Waals surface area contributed by atoms with Gasteiger partial charge in [0.05, 0.1) is 0 Å². The lowest BCUT2D eigenvalue weighted by Gasteiger charge is -2.18. The van der Waals surface area contributed by atoms with Crippen molar-refractivity contribution < 1.29 is 19.1 Å². The van der Waals surface area contributed by atoms with E-state index in [-0.39, 0.29) is 11.5 Å². The molecular formula is C26H27NO4. The van der Waals surface area contributed by atoms with E-state index < -0.39 is 12.1 Å². The van der Waals surface area contributed by atoms with E-state index in [1.807, 2.05) is 42.5 Å². The Morgan fingerprint density at radius 2 is 1.52 bits per heavy atom. The van der Waals surface area contributed by atoms with E-state index in [0.717, 1.165) is 17.7 Å². The molecule has 1 N–H and O–H groups in total. The van der Waals surface area contributed by atoms with E-state index in [9.17, 15) is 9.59 Å². The average molecular weight is 418 g/mol. The van der Waals surface area contributed by atoms with E-state index in [2.05, 4.69) is 19.2 Å². The van der Waals surface area contributed by atoms with Crippen LogP contribution in [0.25, 0.3) is 0 Å². The maximum atomic E-state index is 12.8. The minimum atomic E-state index is -0.970. The third-order valence-corrected chi connectivity index (χ3v) is 5.09. The molecular weight excluding hydrogens is 390 g/mol. The molecule has 0 fully saturated rings. The topological polar surface area (TPSA) is 64.6 Å². The number of anilines is 1. The Balaban J connectivity index is 1.69. The van der Waals surface area contributed by atoms with Crippen LogP contribution in [-0.2, 0) is 9.53 Å². The minimum absolute atomic E-state index is 0.256. The molecule has 0 aromatic heterocycles. The van der Waals surface area contributed by atoms with Crippen molar-refractivity contribution in [2.75, 3.05) is 5.32 Å². The molecule has 0 bridgehead atoms. The van der Waals surface area contributed by atoms with Gasteiger partial charge < -0.3 is 14.8 Å². The molecule has 0 aliphatic carbocycles. The van der Waals surface area contributed by atoms with Gasteiger partial charge in [-0.1, -0.05) is 62.4 Å². The fourth-order valence-electron chi connectivity index (χ4n) is 3.11. The molecule has 0 saturated heterocycles. The van der Waals surface area contributed by atoms with Gasteiger partial charge in [-0.05, 0) is 55.2 Å². The van der Waals surface area contributed by atoms with Crippen molar-refractivity contribution in [3.63, 3.8) is 0 Å². The monoisotopic (exact) mass is 417 g/mol. The first-order valence-corrected chi connectivity index (χ1v) is 10.4. The van der Waals surface area contributed by atoms with Crippen LogP contribution in [0.5, 0.6) is 11.5 Å². The van der Waals surface area contributed by atoms with Crippen LogP contribution >= 0.6 is 0 Å². The Bertz CT molecular complexity index is 1030. The summed E-state index contributed by atoms with van der Waals surface area (Å²) >= 11 is 0. The summed E-state index contributed by atoms with van der Waals surface area (Å²) in [5, 5.41) is 2.89. The van der Waals surface area contributed by atoms with E-state index >= 15 is 0 Å². The van der Waals surface area contributed by atoms with E-state index in [1.54, 1.807) is 43.3 Å². The first-order valence-electron chi connectivity index (χ1n) is 10.4. The Morgan fingerprint density at radius 1 is 0.871 bits per heavy atom. The first kappa shape index (κ1) is 22.1. The molecule has 1 amide bonds. The molecule has 3 rings (SSSR count). The van der Waals surface area contributed by atoms with E-state index in [4.69, 9.17) is 9.47 Å². The molecule has 5 heteroatoms. The third kappa shape index (κ3) is 5.72.